The maximum atomic E-state index is 13.7. The van der Waals surface area contributed by atoms with Gasteiger partial charge >= 0.3 is 5.69 Å². The van der Waals surface area contributed by atoms with E-state index in [1.807, 2.05) is 28.8 Å². The number of hydrogen-bond acceptors (Lipinski definition) is 3. The molecule has 0 spiro atoms. The molecule has 2 heterocycles. The number of likely N-dealkylation sites (tertiary alicyclic amines) is 1. The zero-order valence-corrected chi connectivity index (χ0v) is 17.9. The molecular weight excluding hydrogens is 374 g/mol. The first kappa shape index (κ1) is 18.9. The standard InChI is InChI=1S/C25H33N3O2/c29-23(25-14-18-11-19(15-25)13-20(12-18)16-25)17-28-22-6-2-1-5-21(22)27(24(28)30)10-9-26-7-3-4-8-26/h1-2,5-6,18-20H,3-4,7-17H2. The number of hydrogen-bond donors (Lipinski definition) is 0. The first-order chi connectivity index (χ1) is 14.6. The fourth-order valence-electron chi connectivity index (χ4n) is 7.65. The lowest BCUT2D eigenvalue weighted by Gasteiger charge is -2.56. The lowest BCUT2D eigenvalue weighted by Crippen LogP contribution is -2.51. The second kappa shape index (κ2) is 7.08. The van der Waals surface area contributed by atoms with Gasteiger partial charge in [0.15, 0.2) is 5.78 Å². The van der Waals surface area contributed by atoms with E-state index >= 15 is 0 Å². The Morgan fingerprint density at radius 3 is 2.03 bits per heavy atom. The van der Waals surface area contributed by atoms with E-state index in [9.17, 15) is 9.59 Å². The van der Waals surface area contributed by atoms with Crippen LogP contribution in [0.3, 0.4) is 0 Å². The van der Waals surface area contributed by atoms with Gasteiger partial charge in [-0.05, 0) is 94.3 Å². The number of nitrogens with zero attached hydrogens (tertiary/aromatic N) is 3. The normalized spacial score (nSPS) is 33.0. The topological polar surface area (TPSA) is 47.2 Å². The van der Waals surface area contributed by atoms with Gasteiger partial charge in [-0.25, -0.2) is 4.79 Å². The SMILES string of the molecule is O=C(Cn1c(=O)n(CCN2CCCC2)c2ccccc21)C12CC3CC(CC(C3)C1)C2. The number of benzene rings is 1. The van der Waals surface area contributed by atoms with Gasteiger partial charge in [0.2, 0.25) is 0 Å². The molecule has 5 aliphatic rings. The molecule has 4 aliphatic carbocycles. The third-order valence-corrected chi connectivity index (χ3v) is 8.70. The summed E-state index contributed by atoms with van der Waals surface area (Å²) in [5.74, 6) is 2.57. The molecule has 0 unspecified atom stereocenters. The predicted molar refractivity (Wildman–Crippen MR) is 117 cm³/mol. The predicted octanol–water partition coefficient (Wildman–Crippen LogP) is 3.68. The highest BCUT2D eigenvalue weighted by Gasteiger charge is 2.54. The second-order valence-electron chi connectivity index (χ2n) is 10.7. The number of aromatic nitrogens is 2. The summed E-state index contributed by atoms with van der Waals surface area (Å²) in [7, 11) is 0. The average Bonchev–Trinajstić information content (AvgIpc) is 3.33. The van der Waals surface area contributed by atoms with Crippen molar-refractivity contribution in [2.75, 3.05) is 19.6 Å². The number of para-hydroxylation sites is 2. The maximum Gasteiger partial charge on any atom is 0.329 e. The third kappa shape index (κ3) is 3.00. The molecule has 160 valence electrons. The molecule has 30 heavy (non-hydrogen) atoms. The van der Waals surface area contributed by atoms with E-state index in [0.29, 0.717) is 12.3 Å². The van der Waals surface area contributed by atoms with E-state index in [1.165, 1.54) is 32.1 Å². The molecule has 0 radical (unpaired) electrons. The highest BCUT2D eigenvalue weighted by molar-refractivity contribution is 5.87. The van der Waals surface area contributed by atoms with E-state index in [1.54, 1.807) is 4.57 Å². The quantitative estimate of drug-likeness (QED) is 0.734. The number of fused-ring (bicyclic) bond motifs is 1. The van der Waals surface area contributed by atoms with E-state index in [-0.39, 0.29) is 17.6 Å². The molecule has 4 saturated carbocycles. The molecule has 2 aromatic rings. The van der Waals surface area contributed by atoms with E-state index in [2.05, 4.69) is 4.90 Å². The van der Waals surface area contributed by atoms with Crippen LogP contribution in [0.2, 0.25) is 0 Å². The van der Waals surface area contributed by atoms with Crippen molar-refractivity contribution in [3.63, 3.8) is 0 Å². The van der Waals surface area contributed by atoms with Gasteiger partial charge in [0.1, 0.15) is 0 Å². The molecule has 1 saturated heterocycles. The molecule has 7 rings (SSSR count). The lowest BCUT2D eigenvalue weighted by molar-refractivity contribution is -0.144. The third-order valence-electron chi connectivity index (χ3n) is 8.70. The van der Waals surface area contributed by atoms with E-state index < -0.39 is 0 Å². The molecule has 4 bridgehead atoms. The molecule has 0 amide bonds. The molecule has 1 aromatic carbocycles. The molecule has 1 aliphatic heterocycles. The Morgan fingerprint density at radius 1 is 0.867 bits per heavy atom. The van der Waals surface area contributed by atoms with Gasteiger partial charge in [0, 0.05) is 18.5 Å². The average molecular weight is 408 g/mol. The summed E-state index contributed by atoms with van der Waals surface area (Å²) in [5.41, 5.74) is 1.74. The minimum atomic E-state index is -0.146. The fraction of sp³-hybridized carbons (Fsp3) is 0.680. The highest BCUT2D eigenvalue weighted by atomic mass is 16.2. The Labute approximate surface area is 178 Å². The number of imidazole rings is 1. The summed E-state index contributed by atoms with van der Waals surface area (Å²) in [6.45, 7) is 4.15. The number of carbonyl (C=O) groups excluding carboxylic acids is 1. The molecule has 5 fully saturated rings. The number of rotatable bonds is 6. The largest absolute Gasteiger partial charge is 0.329 e. The molecule has 5 heteroatoms. The smallest absolute Gasteiger partial charge is 0.302 e. The van der Waals surface area contributed by atoms with E-state index in [0.717, 1.165) is 67.7 Å². The highest BCUT2D eigenvalue weighted by Crippen LogP contribution is 2.60. The molecular formula is C25H33N3O2. The van der Waals surface area contributed by atoms with Crippen LogP contribution in [0.5, 0.6) is 0 Å². The van der Waals surface area contributed by atoms with Crippen molar-refractivity contribution < 1.29 is 4.79 Å². The van der Waals surface area contributed by atoms with Crippen LogP contribution >= 0.6 is 0 Å². The van der Waals surface area contributed by atoms with Gasteiger partial charge in [0.25, 0.3) is 0 Å². The second-order valence-corrected chi connectivity index (χ2v) is 10.7. The van der Waals surface area contributed by atoms with Crippen LogP contribution in [0.25, 0.3) is 11.0 Å². The van der Waals surface area contributed by atoms with Crippen molar-refractivity contribution in [1.82, 2.24) is 14.0 Å². The summed E-state index contributed by atoms with van der Waals surface area (Å²) in [4.78, 5) is 29.5. The van der Waals surface area contributed by atoms with Crippen molar-refractivity contribution in [3.8, 4) is 0 Å². The van der Waals surface area contributed by atoms with Gasteiger partial charge in [0.05, 0.1) is 17.6 Å². The minimum absolute atomic E-state index is 0.00604. The summed E-state index contributed by atoms with van der Waals surface area (Å²) in [6.07, 6.45) is 9.74. The molecule has 0 atom stereocenters. The Morgan fingerprint density at radius 2 is 1.43 bits per heavy atom. The molecule has 1 aromatic heterocycles. The maximum absolute atomic E-state index is 13.7. The Balaban J connectivity index is 1.30. The zero-order chi connectivity index (χ0) is 20.3. The van der Waals surface area contributed by atoms with Crippen molar-refractivity contribution in [1.29, 1.82) is 0 Å². The molecule has 0 N–H and O–H groups in total. The zero-order valence-electron chi connectivity index (χ0n) is 17.9. The Bertz CT molecular complexity index is 991. The summed E-state index contributed by atoms with van der Waals surface area (Å²) < 4.78 is 3.68. The Hall–Kier alpha value is -1.88. The van der Waals surface area contributed by atoms with Gasteiger partial charge in [-0.1, -0.05) is 12.1 Å². The number of Topliss-reactive ketones (excluding diaryl/α,β-unsaturated/α-hetero) is 1. The van der Waals surface area contributed by atoms with Crippen molar-refractivity contribution in [2.45, 2.75) is 64.5 Å². The van der Waals surface area contributed by atoms with Crippen molar-refractivity contribution in [2.24, 2.45) is 23.2 Å². The molecule has 5 nitrogen and oxygen atoms in total. The van der Waals surface area contributed by atoms with Crippen LogP contribution in [0.1, 0.15) is 51.4 Å². The van der Waals surface area contributed by atoms with Gasteiger partial charge in [-0.2, -0.15) is 0 Å². The lowest BCUT2D eigenvalue weighted by atomic mass is 9.48. The van der Waals surface area contributed by atoms with Gasteiger partial charge in [-0.15, -0.1) is 0 Å². The van der Waals surface area contributed by atoms with Crippen molar-refractivity contribution in [3.05, 3.63) is 34.7 Å². The summed E-state index contributed by atoms with van der Waals surface area (Å²) in [6, 6.07) is 8.03. The first-order valence-corrected chi connectivity index (χ1v) is 12.0. The van der Waals surface area contributed by atoms with E-state index in [4.69, 9.17) is 0 Å². The Kier molecular flexibility index (Phi) is 4.45. The first-order valence-electron chi connectivity index (χ1n) is 12.0. The number of carbonyl (C=O) groups is 1. The van der Waals surface area contributed by atoms with Gasteiger partial charge < -0.3 is 4.90 Å². The fourth-order valence-corrected chi connectivity index (χ4v) is 7.65. The van der Waals surface area contributed by atoms with Gasteiger partial charge in [-0.3, -0.25) is 13.9 Å². The summed E-state index contributed by atoms with van der Waals surface area (Å²) in [5, 5.41) is 0. The monoisotopic (exact) mass is 407 g/mol. The van der Waals surface area contributed by atoms with Crippen LogP contribution in [0.15, 0.2) is 29.1 Å². The van der Waals surface area contributed by atoms with Crippen LogP contribution in [0, 0.1) is 23.2 Å². The van der Waals surface area contributed by atoms with Crippen LogP contribution in [-0.2, 0) is 17.9 Å². The minimum Gasteiger partial charge on any atom is -0.302 e. The number of ketones is 1. The summed E-state index contributed by atoms with van der Waals surface area (Å²) >= 11 is 0. The van der Waals surface area contributed by atoms with Crippen LogP contribution in [0.4, 0.5) is 0 Å². The van der Waals surface area contributed by atoms with Crippen LogP contribution in [-0.4, -0.2) is 39.5 Å². The van der Waals surface area contributed by atoms with Crippen LogP contribution < -0.4 is 5.69 Å². The van der Waals surface area contributed by atoms with Crippen molar-refractivity contribution >= 4 is 16.8 Å².